The predicted octanol–water partition coefficient (Wildman–Crippen LogP) is 3.00. The van der Waals surface area contributed by atoms with E-state index in [1.165, 1.54) is 37.1 Å². The van der Waals surface area contributed by atoms with Gasteiger partial charge in [0.15, 0.2) is 0 Å². The molecule has 0 bridgehead atoms. The number of hydrogen-bond acceptors (Lipinski definition) is 4. The van der Waals surface area contributed by atoms with Crippen molar-refractivity contribution in [3.63, 3.8) is 0 Å². The summed E-state index contributed by atoms with van der Waals surface area (Å²) in [7, 11) is 0. The molecule has 0 radical (unpaired) electrons. The highest BCUT2D eigenvalue weighted by Crippen LogP contribution is 2.37. The van der Waals surface area contributed by atoms with E-state index in [4.69, 9.17) is 0 Å². The van der Waals surface area contributed by atoms with Crippen LogP contribution in [0.15, 0.2) is 40.1 Å². The molecule has 134 valence electrons. The number of para-hydroxylation sites is 1. The van der Waals surface area contributed by atoms with Crippen molar-refractivity contribution in [1.29, 1.82) is 0 Å². The van der Waals surface area contributed by atoms with Crippen molar-refractivity contribution >= 4 is 29.3 Å². The Labute approximate surface area is 153 Å². The van der Waals surface area contributed by atoms with Gasteiger partial charge in [0.05, 0.1) is 10.6 Å². The number of carbonyl (C=O) groups excluding carboxylic acids is 2. The zero-order valence-corrected chi connectivity index (χ0v) is 15.4. The minimum absolute atomic E-state index is 0.205. The van der Waals surface area contributed by atoms with E-state index in [0.717, 1.165) is 30.1 Å². The number of nitrogens with one attached hydrogen (secondary N) is 2. The van der Waals surface area contributed by atoms with Crippen LogP contribution in [0.5, 0.6) is 0 Å². The predicted molar refractivity (Wildman–Crippen MR) is 102 cm³/mol. The molecule has 0 spiro atoms. The number of likely N-dealkylation sites (tertiary alicyclic amines) is 1. The molecule has 1 aromatic carbocycles. The van der Waals surface area contributed by atoms with Gasteiger partial charge in [-0.05, 0) is 44.9 Å². The fourth-order valence-corrected chi connectivity index (χ4v) is 4.18. The number of nitrogens with zero attached hydrogens (tertiary/aromatic N) is 1. The smallest absolute Gasteiger partial charge is 0.262 e. The molecule has 2 aliphatic rings. The van der Waals surface area contributed by atoms with Crippen LogP contribution in [0.3, 0.4) is 0 Å². The Kier molecular flexibility index (Phi) is 6.15. The lowest BCUT2D eigenvalue weighted by Gasteiger charge is -2.33. The van der Waals surface area contributed by atoms with Crippen LogP contribution in [0.25, 0.3) is 0 Å². The molecule has 6 heteroatoms. The molecule has 3 rings (SSSR count). The summed E-state index contributed by atoms with van der Waals surface area (Å²) < 4.78 is 0. The van der Waals surface area contributed by atoms with Crippen LogP contribution in [0.1, 0.15) is 32.6 Å². The second kappa shape index (κ2) is 8.54. The number of fused-ring (bicyclic) bond motifs is 1. The van der Waals surface area contributed by atoms with Gasteiger partial charge in [-0.15, -0.1) is 0 Å². The molecular weight excluding hydrogens is 334 g/mol. The normalized spacial score (nSPS) is 22.4. The Morgan fingerprint density at radius 1 is 1.40 bits per heavy atom. The minimum Gasteiger partial charge on any atom is -0.352 e. The van der Waals surface area contributed by atoms with Crippen LogP contribution in [0, 0.1) is 0 Å². The highest BCUT2D eigenvalue weighted by atomic mass is 32.2. The molecule has 25 heavy (non-hydrogen) atoms. The van der Waals surface area contributed by atoms with Gasteiger partial charge in [0, 0.05) is 30.1 Å². The van der Waals surface area contributed by atoms with Crippen molar-refractivity contribution in [2.24, 2.45) is 0 Å². The second-order valence-corrected chi connectivity index (χ2v) is 7.67. The molecule has 1 aromatic rings. The monoisotopic (exact) mass is 359 g/mol. The molecule has 1 fully saturated rings. The van der Waals surface area contributed by atoms with E-state index in [1.807, 2.05) is 24.3 Å². The number of amides is 2. The van der Waals surface area contributed by atoms with Crippen LogP contribution >= 0.6 is 11.8 Å². The van der Waals surface area contributed by atoms with Crippen LogP contribution in [-0.4, -0.2) is 42.4 Å². The number of rotatable bonds is 5. The fourth-order valence-electron chi connectivity index (χ4n) is 3.26. The number of anilines is 1. The lowest BCUT2D eigenvalue weighted by molar-refractivity contribution is -0.117. The third-order valence-corrected chi connectivity index (χ3v) is 5.80. The third kappa shape index (κ3) is 4.86. The number of carbonyl (C=O) groups is 2. The van der Waals surface area contributed by atoms with Gasteiger partial charge in [0.2, 0.25) is 5.91 Å². The Balaban J connectivity index is 1.46. The maximum Gasteiger partial charge on any atom is 0.262 e. The molecule has 0 aromatic heterocycles. The largest absolute Gasteiger partial charge is 0.352 e. The van der Waals surface area contributed by atoms with E-state index in [0.29, 0.717) is 17.5 Å². The standard InChI is InChI=1S/C19H25N3O2S/c1-14-7-4-5-11-22(14)12-6-10-20-18(23)13-17-19(24)21-15-8-2-3-9-16(15)25-17/h2-3,8-9,13-14H,4-7,10-12H2,1H3,(H,20,23)(H,21,24)/b17-13-/t14-/m0/s1. The van der Waals surface area contributed by atoms with Crippen molar-refractivity contribution < 1.29 is 9.59 Å². The number of piperidine rings is 1. The van der Waals surface area contributed by atoms with E-state index in [2.05, 4.69) is 22.5 Å². The van der Waals surface area contributed by atoms with E-state index in [-0.39, 0.29) is 11.8 Å². The van der Waals surface area contributed by atoms with Gasteiger partial charge in [-0.25, -0.2) is 0 Å². The summed E-state index contributed by atoms with van der Waals surface area (Å²) in [6.45, 7) is 5.09. The van der Waals surface area contributed by atoms with E-state index < -0.39 is 0 Å². The number of benzene rings is 1. The summed E-state index contributed by atoms with van der Waals surface area (Å²) in [5.41, 5.74) is 0.797. The van der Waals surface area contributed by atoms with Gasteiger partial charge in [-0.1, -0.05) is 30.3 Å². The molecule has 2 aliphatic heterocycles. The summed E-state index contributed by atoms with van der Waals surface area (Å²) in [6, 6.07) is 8.24. The van der Waals surface area contributed by atoms with Gasteiger partial charge in [0.25, 0.3) is 5.91 Å². The second-order valence-electron chi connectivity index (χ2n) is 6.59. The van der Waals surface area contributed by atoms with Crippen molar-refractivity contribution in [3.05, 3.63) is 35.2 Å². The molecule has 2 amide bonds. The van der Waals surface area contributed by atoms with Crippen molar-refractivity contribution in [2.75, 3.05) is 25.0 Å². The highest BCUT2D eigenvalue weighted by Gasteiger charge is 2.21. The molecule has 1 saturated heterocycles. The summed E-state index contributed by atoms with van der Waals surface area (Å²) in [6.07, 6.45) is 6.20. The molecule has 5 nitrogen and oxygen atoms in total. The number of thioether (sulfide) groups is 1. The molecule has 2 heterocycles. The lowest BCUT2D eigenvalue weighted by atomic mass is 10.0. The average molecular weight is 359 g/mol. The van der Waals surface area contributed by atoms with Gasteiger partial charge >= 0.3 is 0 Å². The van der Waals surface area contributed by atoms with Crippen molar-refractivity contribution in [3.8, 4) is 0 Å². The maximum absolute atomic E-state index is 12.1. The molecular formula is C19H25N3O2S. The maximum atomic E-state index is 12.1. The fraction of sp³-hybridized carbons (Fsp3) is 0.474. The first kappa shape index (κ1) is 18.0. The van der Waals surface area contributed by atoms with Crippen LogP contribution in [-0.2, 0) is 9.59 Å². The quantitative estimate of drug-likeness (QED) is 0.627. The van der Waals surface area contributed by atoms with Gasteiger partial charge in [-0.3, -0.25) is 9.59 Å². The Bertz CT molecular complexity index is 674. The summed E-state index contributed by atoms with van der Waals surface area (Å²) in [5, 5.41) is 5.71. The summed E-state index contributed by atoms with van der Waals surface area (Å²) >= 11 is 1.34. The lowest BCUT2D eigenvalue weighted by Crippen LogP contribution is -2.39. The summed E-state index contributed by atoms with van der Waals surface area (Å²) in [5.74, 6) is -0.426. The Morgan fingerprint density at radius 2 is 2.24 bits per heavy atom. The minimum atomic E-state index is -0.221. The first-order valence-corrected chi connectivity index (χ1v) is 9.77. The Morgan fingerprint density at radius 3 is 3.08 bits per heavy atom. The zero-order chi connectivity index (χ0) is 17.6. The molecule has 0 unspecified atom stereocenters. The topological polar surface area (TPSA) is 61.4 Å². The van der Waals surface area contributed by atoms with E-state index in [1.54, 1.807) is 0 Å². The summed E-state index contributed by atoms with van der Waals surface area (Å²) in [4.78, 5) is 28.1. The highest BCUT2D eigenvalue weighted by molar-refractivity contribution is 8.04. The van der Waals surface area contributed by atoms with E-state index >= 15 is 0 Å². The molecule has 0 saturated carbocycles. The van der Waals surface area contributed by atoms with Gasteiger partial charge < -0.3 is 15.5 Å². The van der Waals surface area contributed by atoms with Crippen molar-refractivity contribution in [2.45, 2.75) is 43.5 Å². The first-order valence-electron chi connectivity index (χ1n) is 8.95. The van der Waals surface area contributed by atoms with Crippen LogP contribution < -0.4 is 10.6 Å². The first-order chi connectivity index (χ1) is 12.1. The molecule has 0 aliphatic carbocycles. The van der Waals surface area contributed by atoms with Crippen LogP contribution in [0.4, 0.5) is 5.69 Å². The van der Waals surface area contributed by atoms with Crippen molar-refractivity contribution in [1.82, 2.24) is 10.2 Å². The van der Waals surface area contributed by atoms with E-state index in [9.17, 15) is 9.59 Å². The average Bonchev–Trinajstić information content (AvgIpc) is 2.61. The number of hydrogen-bond donors (Lipinski definition) is 2. The molecule has 2 N–H and O–H groups in total. The molecule has 1 atom stereocenters. The van der Waals surface area contributed by atoms with Gasteiger partial charge in [-0.2, -0.15) is 0 Å². The Hall–Kier alpha value is -1.79. The third-order valence-electron chi connectivity index (χ3n) is 4.70. The van der Waals surface area contributed by atoms with Gasteiger partial charge in [0.1, 0.15) is 0 Å². The zero-order valence-electron chi connectivity index (χ0n) is 14.6. The van der Waals surface area contributed by atoms with Crippen LogP contribution in [0.2, 0.25) is 0 Å². The SMILES string of the molecule is C[C@H]1CCCCN1CCCNC(=O)/C=C1\Sc2ccccc2NC1=O.